The molecular formula is C31H37FO4. The summed E-state index contributed by atoms with van der Waals surface area (Å²) in [5, 5.41) is 0. The first kappa shape index (κ1) is 26.2. The molecule has 0 aliphatic heterocycles. The minimum atomic E-state index is -0.523. The Kier molecular flexibility index (Phi) is 7.42. The van der Waals surface area contributed by atoms with E-state index in [9.17, 15) is 9.18 Å². The van der Waals surface area contributed by atoms with E-state index in [-0.39, 0.29) is 23.1 Å². The maximum atomic E-state index is 15.0. The normalized spacial score (nSPS) is 21.5. The van der Waals surface area contributed by atoms with Crippen LogP contribution in [0.4, 0.5) is 4.39 Å². The summed E-state index contributed by atoms with van der Waals surface area (Å²) in [6, 6.07) is 12.3. The summed E-state index contributed by atoms with van der Waals surface area (Å²) in [6.45, 7) is 8.82. The van der Waals surface area contributed by atoms with Crippen LogP contribution in [-0.4, -0.2) is 25.8 Å². The van der Waals surface area contributed by atoms with Gasteiger partial charge in [-0.05, 0) is 83.2 Å². The summed E-state index contributed by atoms with van der Waals surface area (Å²) < 4.78 is 31.6. The van der Waals surface area contributed by atoms with Crippen molar-refractivity contribution in [2.45, 2.75) is 76.9 Å². The highest BCUT2D eigenvalue weighted by molar-refractivity contribution is 5.81. The van der Waals surface area contributed by atoms with Crippen molar-refractivity contribution >= 4 is 11.5 Å². The van der Waals surface area contributed by atoms with Gasteiger partial charge >= 0.3 is 5.97 Å². The number of halogens is 1. The smallest absolute Gasteiger partial charge is 0.306 e. The molecule has 0 fully saturated rings. The molecule has 0 saturated heterocycles. The molecule has 2 aliphatic carbocycles. The third-order valence-corrected chi connectivity index (χ3v) is 7.40. The highest BCUT2D eigenvalue weighted by Crippen LogP contribution is 2.40. The predicted octanol–water partition coefficient (Wildman–Crippen LogP) is 7.20. The molecule has 4 rings (SSSR count). The van der Waals surface area contributed by atoms with Gasteiger partial charge in [0.25, 0.3) is 0 Å². The fourth-order valence-corrected chi connectivity index (χ4v) is 5.16. The van der Waals surface area contributed by atoms with Gasteiger partial charge in [-0.25, -0.2) is 4.39 Å². The summed E-state index contributed by atoms with van der Waals surface area (Å²) in [6.07, 6.45) is 6.34. The van der Waals surface area contributed by atoms with Crippen LogP contribution in [0.1, 0.15) is 80.7 Å². The molecule has 0 aromatic heterocycles. The third-order valence-electron chi connectivity index (χ3n) is 7.40. The molecule has 0 radical (unpaired) electrons. The van der Waals surface area contributed by atoms with Crippen molar-refractivity contribution in [3.8, 4) is 5.75 Å². The summed E-state index contributed by atoms with van der Waals surface area (Å²) in [5.41, 5.74) is 5.31. The number of carbonyl (C=O) groups excluding carboxylic acids is 1. The highest BCUT2D eigenvalue weighted by atomic mass is 19.1. The standard InChI is InChI=1S/C31H37FO4/c1-30(2,3)27-15-20(7-11-25(27)26-18-31(4,35-6)14-13-28(26)32)19-36-23-10-12-24-21(16-23)8-9-22(24)17-29(33)34-5/h7,10-13,15-16,18,22H,8-9,14,17,19H2,1-6H3/t22-,31?/m0/s1. The molecule has 2 aromatic carbocycles. The SMILES string of the molecule is COC(=O)C[C@@H]1CCc2cc(OCc3ccc(C4=CC(C)(OC)CC=C4F)c(C(C)(C)C)c3)ccc21. The first-order valence-electron chi connectivity index (χ1n) is 12.6. The van der Waals surface area contributed by atoms with Crippen LogP contribution >= 0.6 is 0 Å². The molecule has 0 heterocycles. The molecule has 0 amide bonds. The Balaban J connectivity index is 1.55. The number of hydrogen-bond acceptors (Lipinski definition) is 4. The van der Waals surface area contributed by atoms with Crippen LogP contribution in [-0.2, 0) is 32.7 Å². The van der Waals surface area contributed by atoms with E-state index in [1.807, 2.05) is 31.2 Å². The van der Waals surface area contributed by atoms with Gasteiger partial charge < -0.3 is 14.2 Å². The van der Waals surface area contributed by atoms with E-state index in [0.717, 1.165) is 35.3 Å². The minimum absolute atomic E-state index is 0.169. The van der Waals surface area contributed by atoms with Crippen molar-refractivity contribution in [1.29, 1.82) is 0 Å². The molecule has 0 N–H and O–H groups in total. The van der Waals surface area contributed by atoms with Crippen LogP contribution < -0.4 is 4.74 Å². The van der Waals surface area contributed by atoms with Crippen molar-refractivity contribution in [2.24, 2.45) is 0 Å². The van der Waals surface area contributed by atoms with Crippen LogP contribution in [0, 0.1) is 0 Å². The van der Waals surface area contributed by atoms with E-state index < -0.39 is 5.60 Å². The molecule has 0 spiro atoms. The lowest BCUT2D eigenvalue weighted by molar-refractivity contribution is -0.141. The van der Waals surface area contributed by atoms with Crippen molar-refractivity contribution in [3.05, 3.63) is 82.2 Å². The van der Waals surface area contributed by atoms with Crippen molar-refractivity contribution in [2.75, 3.05) is 14.2 Å². The molecule has 2 atom stereocenters. The molecule has 0 bridgehead atoms. The molecule has 2 aromatic rings. The molecule has 4 nitrogen and oxygen atoms in total. The number of benzene rings is 2. The lowest BCUT2D eigenvalue weighted by Gasteiger charge is -2.30. The Morgan fingerprint density at radius 1 is 1.14 bits per heavy atom. The summed E-state index contributed by atoms with van der Waals surface area (Å²) in [4.78, 5) is 11.7. The van der Waals surface area contributed by atoms with Gasteiger partial charge in [-0.2, -0.15) is 0 Å². The van der Waals surface area contributed by atoms with Crippen LogP contribution in [0.25, 0.3) is 5.57 Å². The molecular weight excluding hydrogens is 455 g/mol. The zero-order chi connectivity index (χ0) is 26.1. The summed E-state index contributed by atoms with van der Waals surface area (Å²) in [7, 11) is 3.09. The highest BCUT2D eigenvalue weighted by Gasteiger charge is 2.30. The number of methoxy groups -OCH3 is 2. The number of hydrogen-bond donors (Lipinski definition) is 0. The zero-order valence-electron chi connectivity index (χ0n) is 22.2. The van der Waals surface area contributed by atoms with E-state index in [2.05, 4.69) is 39.0 Å². The largest absolute Gasteiger partial charge is 0.489 e. The van der Waals surface area contributed by atoms with Gasteiger partial charge in [0.15, 0.2) is 0 Å². The number of esters is 1. The maximum Gasteiger partial charge on any atom is 0.306 e. The van der Waals surface area contributed by atoms with Gasteiger partial charge in [0.2, 0.25) is 0 Å². The fraction of sp³-hybridized carbons (Fsp3) is 0.452. The Hall–Kier alpha value is -2.92. The monoisotopic (exact) mass is 492 g/mol. The minimum Gasteiger partial charge on any atom is -0.489 e. The van der Waals surface area contributed by atoms with Crippen LogP contribution in [0.15, 0.2) is 54.4 Å². The molecule has 192 valence electrons. The second-order valence-corrected chi connectivity index (χ2v) is 11.1. The average molecular weight is 493 g/mol. The Morgan fingerprint density at radius 3 is 2.61 bits per heavy atom. The van der Waals surface area contributed by atoms with Crippen LogP contribution in [0.5, 0.6) is 5.75 Å². The lowest BCUT2D eigenvalue weighted by Crippen LogP contribution is -2.26. The van der Waals surface area contributed by atoms with E-state index in [0.29, 0.717) is 25.0 Å². The summed E-state index contributed by atoms with van der Waals surface area (Å²) in [5.74, 6) is 0.653. The van der Waals surface area contributed by atoms with Gasteiger partial charge in [-0.1, -0.05) is 45.0 Å². The third kappa shape index (κ3) is 5.57. The second-order valence-electron chi connectivity index (χ2n) is 11.1. The van der Waals surface area contributed by atoms with E-state index in [4.69, 9.17) is 14.2 Å². The van der Waals surface area contributed by atoms with Crippen LogP contribution in [0.2, 0.25) is 0 Å². The molecule has 2 aliphatic rings. The van der Waals surface area contributed by atoms with Gasteiger partial charge in [-0.15, -0.1) is 0 Å². The maximum absolute atomic E-state index is 15.0. The molecule has 0 saturated carbocycles. The van der Waals surface area contributed by atoms with Crippen molar-refractivity contribution in [1.82, 2.24) is 0 Å². The van der Waals surface area contributed by atoms with Gasteiger partial charge in [0, 0.05) is 19.1 Å². The number of allylic oxidation sites excluding steroid dienone is 2. The topological polar surface area (TPSA) is 44.8 Å². The molecule has 5 heteroatoms. The van der Waals surface area contributed by atoms with E-state index in [1.54, 1.807) is 13.2 Å². The molecule has 36 heavy (non-hydrogen) atoms. The number of rotatable bonds is 7. The summed E-state index contributed by atoms with van der Waals surface area (Å²) >= 11 is 0. The van der Waals surface area contributed by atoms with Gasteiger partial charge in [-0.3, -0.25) is 4.79 Å². The van der Waals surface area contributed by atoms with Crippen molar-refractivity contribution < 1.29 is 23.4 Å². The van der Waals surface area contributed by atoms with Crippen molar-refractivity contribution in [3.63, 3.8) is 0 Å². The number of fused-ring (bicyclic) bond motifs is 1. The lowest BCUT2D eigenvalue weighted by atomic mass is 9.78. The number of aryl methyl sites for hydroxylation is 1. The van der Waals surface area contributed by atoms with Crippen LogP contribution in [0.3, 0.4) is 0 Å². The van der Waals surface area contributed by atoms with Gasteiger partial charge in [0.1, 0.15) is 18.2 Å². The first-order chi connectivity index (χ1) is 17.0. The predicted molar refractivity (Wildman–Crippen MR) is 141 cm³/mol. The zero-order valence-corrected chi connectivity index (χ0v) is 22.2. The Labute approximate surface area is 214 Å². The van der Waals surface area contributed by atoms with E-state index in [1.165, 1.54) is 18.2 Å². The van der Waals surface area contributed by atoms with E-state index >= 15 is 0 Å². The Morgan fingerprint density at radius 2 is 1.92 bits per heavy atom. The first-order valence-corrected chi connectivity index (χ1v) is 12.6. The fourth-order valence-electron chi connectivity index (χ4n) is 5.16. The van der Waals surface area contributed by atoms with Gasteiger partial charge in [0.05, 0.1) is 19.1 Å². The quantitative estimate of drug-likeness (QED) is 0.383. The molecule has 1 unspecified atom stereocenters. The average Bonchev–Trinajstić information content (AvgIpc) is 3.25. The number of ether oxygens (including phenoxy) is 3. The Bertz CT molecular complexity index is 1200. The number of carbonyl (C=O) groups is 1. The second kappa shape index (κ2) is 10.2.